The topological polar surface area (TPSA) is 56.4 Å². The molecular weight excluding hydrogens is 326 g/mol. The van der Waals surface area contributed by atoms with Gasteiger partial charge in [-0.2, -0.15) is 0 Å². The highest BCUT2D eigenvalue weighted by molar-refractivity contribution is 6.06. The molecule has 0 unspecified atom stereocenters. The third-order valence-electron chi connectivity index (χ3n) is 6.28. The molecule has 2 aromatic rings. The van der Waals surface area contributed by atoms with E-state index in [-0.39, 0.29) is 11.5 Å². The van der Waals surface area contributed by atoms with Crippen LogP contribution >= 0.6 is 0 Å². The van der Waals surface area contributed by atoms with Crippen LogP contribution in [-0.4, -0.2) is 52.9 Å². The summed E-state index contributed by atoms with van der Waals surface area (Å²) < 4.78 is 0. The number of carbonyl (C=O) groups excluding carboxylic acids is 1. The van der Waals surface area contributed by atoms with Crippen LogP contribution < -0.4 is 5.56 Å². The van der Waals surface area contributed by atoms with Gasteiger partial charge < -0.3 is 9.88 Å². The van der Waals surface area contributed by atoms with Gasteiger partial charge in [0.15, 0.2) is 0 Å². The van der Waals surface area contributed by atoms with Crippen LogP contribution in [0, 0.1) is 11.8 Å². The predicted molar refractivity (Wildman–Crippen MR) is 101 cm³/mol. The Kier molecular flexibility index (Phi) is 3.85. The Bertz CT molecular complexity index is 902. The molecule has 1 amide bonds. The summed E-state index contributed by atoms with van der Waals surface area (Å²) in [5, 5.41) is 0.837. The molecule has 6 rings (SSSR count). The predicted octanol–water partition coefficient (Wildman–Crippen LogP) is 2.47. The third-order valence-corrected chi connectivity index (χ3v) is 6.28. The fraction of sp³-hybridized carbons (Fsp3) is 0.524. The second-order valence-corrected chi connectivity index (χ2v) is 8.30. The van der Waals surface area contributed by atoms with Gasteiger partial charge in [0, 0.05) is 49.2 Å². The van der Waals surface area contributed by atoms with Gasteiger partial charge in [0.05, 0.1) is 5.56 Å². The minimum absolute atomic E-state index is 0.0115. The summed E-state index contributed by atoms with van der Waals surface area (Å²) in [4.78, 5) is 32.9. The zero-order chi connectivity index (χ0) is 17.7. The Balaban J connectivity index is 1.45. The van der Waals surface area contributed by atoms with Crippen molar-refractivity contribution in [1.82, 2.24) is 14.8 Å². The molecule has 26 heavy (non-hydrogen) atoms. The highest BCUT2D eigenvalue weighted by atomic mass is 16.2. The van der Waals surface area contributed by atoms with E-state index in [1.165, 1.54) is 38.3 Å². The van der Waals surface area contributed by atoms with Gasteiger partial charge in [-0.05, 0) is 43.6 Å². The Morgan fingerprint density at radius 2 is 1.92 bits per heavy atom. The molecule has 3 saturated heterocycles. The molecular formula is C21H25N3O2. The lowest BCUT2D eigenvalue weighted by molar-refractivity contribution is 0.0738. The molecule has 3 aliphatic heterocycles. The lowest BCUT2D eigenvalue weighted by atomic mass is 9.95. The Labute approximate surface area is 153 Å². The van der Waals surface area contributed by atoms with Crippen LogP contribution in [0.5, 0.6) is 0 Å². The van der Waals surface area contributed by atoms with Crippen molar-refractivity contribution in [2.75, 3.05) is 26.2 Å². The summed E-state index contributed by atoms with van der Waals surface area (Å²) in [5.74, 6) is 1.46. The summed E-state index contributed by atoms with van der Waals surface area (Å²) in [6.45, 7) is 3.94. The summed E-state index contributed by atoms with van der Waals surface area (Å²) >= 11 is 0. The first-order chi connectivity index (χ1) is 12.7. The van der Waals surface area contributed by atoms with Crippen molar-refractivity contribution in [3.63, 3.8) is 0 Å². The highest BCUT2D eigenvalue weighted by Crippen LogP contribution is 2.35. The van der Waals surface area contributed by atoms with Crippen molar-refractivity contribution in [3.05, 3.63) is 46.2 Å². The number of aromatic nitrogens is 1. The van der Waals surface area contributed by atoms with Crippen molar-refractivity contribution >= 4 is 16.8 Å². The van der Waals surface area contributed by atoms with Crippen molar-refractivity contribution in [3.8, 4) is 0 Å². The molecule has 0 spiro atoms. The number of aromatic amines is 1. The van der Waals surface area contributed by atoms with Crippen LogP contribution in [0.3, 0.4) is 0 Å². The zero-order valence-corrected chi connectivity index (χ0v) is 15.0. The van der Waals surface area contributed by atoms with E-state index in [1.54, 1.807) is 0 Å². The fourth-order valence-electron chi connectivity index (χ4n) is 4.75. The van der Waals surface area contributed by atoms with Crippen molar-refractivity contribution in [2.45, 2.75) is 31.7 Å². The number of hydrogen-bond acceptors (Lipinski definition) is 3. The number of para-hydroxylation sites is 1. The average molecular weight is 351 g/mol. The largest absolute Gasteiger partial charge is 0.337 e. The van der Waals surface area contributed by atoms with Crippen molar-refractivity contribution in [2.24, 2.45) is 11.8 Å². The van der Waals surface area contributed by atoms with E-state index in [9.17, 15) is 9.59 Å². The van der Waals surface area contributed by atoms with Crippen LogP contribution in [0.25, 0.3) is 10.9 Å². The van der Waals surface area contributed by atoms with Crippen LogP contribution in [0.15, 0.2) is 35.1 Å². The molecule has 5 heteroatoms. The number of pyridine rings is 1. The quantitative estimate of drug-likeness (QED) is 0.924. The Morgan fingerprint density at radius 3 is 2.77 bits per heavy atom. The molecule has 1 aromatic heterocycles. The van der Waals surface area contributed by atoms with E-state index in [2.05, 4.69) is 9.88 Å². The maximum atomic E-state index is 13.3. The number of carbonyl (C=O) groups is 1. The average Bonchev–Trinajstić information content (AvgIpc) is 3.48. The number of H-pyrrole nitrogens is 1. The molecule has 1 aromatic carbocycles. The van der Waals surface area contributed by atoms with Gasteiger partial charge in [0.2, 0.25) is 5.56 Å². The molecule has 0 radical (unpaired) electrons. The zero-order valence-electron chi connectivity index (χ0n) is 15.0. The maximum Gasteiger partial charge on any atom is 0.254 e. The smallest absolute Gasteiger partial charge is 0.254 e. The summed E-state index contributed by atoms with van der Waals surface area (Å²) in [6, 6.07) is 9.53. The highest BCUT2D eigenvalue weighted by Gasteiger charge is 2.38. The van der Waals surface area contributed by atoms with Crippen LogP contribution in [-0.2, 0) is 0 Å². The van der Waals surface area contributed by atoms with Gasteiger partial charge in [-0.1, -0.05) is 18.2 Å². The van der Waals surface area contributed by atoms with Gasteiger partial charge in [-0.3, -0.25) is 14.5 Å². The van der Waals surface area contributed by atoms with Gasteiger partial charge in [0.1, 0.15) is 0 Å². The van der Waals surface area contributed by atoms with Crippen molar-refractivity contribution in [1.29, 1.82) is 0 Å². The second-order valence-electron chi connectivity index (χ2n) is 8.30. The number of hydrogen-bond donors (Lipinski definition) is 1. The number of nitrogens with zero attached hydrogens (tertiary/aromatic N) is 2. The first-order valence-corrected chi connectivity index (χ1v) is 9.83. The van der Waals surface area contributed by atoms with Gasteiger partial charge >= 0.3 is 0 Å². The number of piperidine rings is 1. The minimum Gasteiger partial charge on any atom is -0.337 e. The number of nitrogens with one attached hydrogen (secondary N) is 1. The lowest BCUT2D eigenvalue weighted by Gasteiger charge is -2.36. The van der Waals surface area contributed by atoms with E-state index in [0.717, 1.165) is 36.5 Å². The normalized spacial score (nSPS) is 26.2. The summed E-state index contributed by atoms with van der Waals surface area (Å²) in [7, 11) is 0. The lowest BCUT2D eigenvalue weighted by Crippen LogP contribution is -2.45. The summed E-state index contributed by atoms with van der Waals surface area (Å²) in [5.41, 5.74) is 1.07. The molecule has 4 heterocycles. The van der Waals surface area contributed by atoms with E-state index < -0.39 is 0 Å². The molecule has 2 atom stereocenters. The second kappa shape index (κ2) is 6.23. The number of rotatable bonds is 3. The molecule has 136 valence electrons. The minimum atomic E-state index is -0.208. The van der Waals surface area contributed by atoms with Gasteiger partial charge in [-0.15, -0.1) is 0 Å². The first-order valence-electron chi connectivity index (χ1n) is 9.83. The van der Waals surface area contributed by atoms with Crippen molar-refractivity contribution < 1.29 is 4.79 Å². The number of fused-ring (bicyclic) bond motifs is 5. The molecule has 4 fully saturated rings. The molecule has 5 nitrogen and oxygen atoms in total. The third kappa shape index (κ3) is 2.94. The van der Waals surface area contributed by atoms with Gasteiger partial charge in [-0.25, -0.2) is 0 Å². The van der Waals surface area contributed by atoms with Crippen LogP contribution in [0.2, 0.25) is 0 Å². The fourth-order valence-corrected chi connectivity index (χ4v) is 4.75. The monoisotopic (exact) mass is 351 g/mol. The standard InChI is InChI=1S/C21H25N3O2/c25-20-9-18(17-3-1-2-4-19(17)22-20)21(26)24-12-15-7-8-16(13-24)23(11-15)10-14-5-6-14/h1-4,9,14-16H,5-8,10-13H2,(H,22,25)/t15-,16-/m1/s1. The molecule has 4 aliphatic rings. The number of benzene rings is 1. The van der Waals surface area contributed by atoms with Crippen LogP contribution in [0.1, 0.15) is 36.0 Å². The first kappa shape index (κ1) is 16.1. The SMILES string of the molecule is O=C(c1cc(=O)[nH]c2ccccc12)N1C[C@@H]2CC[C@H](C1)N(CC1CC1)C2. The van der Waals surface area contributed by atoms with E-state index in [0.29, 0.717) is 17.5 Å². The van der Waals surface area contributed by atoms with Gasteiger partial charge in [0.25, 0.3) is 5.91 Å². The van der Waals surface area contributed by atoms with E-state index >= 15 is 0 Å². The molecule has 2 bridgehead atoms. The van der Waals surface area contributed by atoms with E-state index in [4.69, 9.17) is 0 Å². The molecule has 1 N–H and O–H groups in total. The maximum absolute atomic E-state index is 13.3. The summed E-state index contributed by atoms with van der Waals surface area (Å²) in [6.07, 6.45) is 5.15. The Morgan fingerprint density at radius 1 is 1.08 bits per heavy atom. The van der Waals surface area contributed by atoms with E-state index in [1.807, 2.05) is 29.2 Å². The molecule has 1 aliphatic carbocycles. The molecule has 1 saturated carbocycles. The number of amides is 1. The Hall–Kier alpha value is -2.14. The van der Waals surface area contributed by atoms with Crippen LogP contribution in [0.4, 0.5) is 0 Å².